The van der Waals surface area contributed by atoms with E-state index in [4.69, 9.17) is 0 Å². The van der Waals surface area contributed by atoms with Crippen molar-refractivity contribution in [3.63, 3.8) is 0 Å². The van der Waals surface area contributed by atoms with E-state index in [1.807, 2.05) is 0 Å². The van der Waals surface area contributed by atoms with Crippen LogP contribution in [-0.4, -0.2) is 0 Å². The zero-order valence-corrected chi connectivity index (χ0v) is 33.0. The number of allylic oxidation sites excluding steroid dienone is 2. The van der Waals surface area contributed by atoms with Crippen LogP contribution in [0.15, 0.2) is 188 Å². The van der Waals surface area contributed by atoms with Crippen LogP contribution in [0.5, 0.6) is 0 Å². The Bertz CT molecular complexity index is 2730. The lowest BCUT2D eigenvalue weighted by atomic mass is 9.78. The van der Waals surface area contributed by atoms with Crippen molar-refractivity contribution in [1.29, 1.82) is 0 Å². The van der Waals surface area contributed by atoms with E-state index in [-0.39, 0.29) is 10.8 Å². The minimum atomic E-state index is -0.0561. The largest absolute Gasteiger partial charge is 0.311 e. The van der Waals surface area contributed by atoms with Crippen LogP contribution in [-0.2, 0) is 10.8 Å². The third-order valence-electron chi connectivity index (χ3n) is 12.5. The fourth-order valence-electron chi connectivity index (χ4n) is 9.29. The average molecular weight is 732 g/mol. The minimum absolute atomic E-state index is 0.0561. The predicted molar refractivity (Wildman–Crippen MR) is 244 cm³/mol. The Labute approximate surface area is 336 Å². The highest BCUT2D eigenvalue weighted by Gasteiger charge is 2.34. The van der Waals surface area contributed by atoms with E-state index < -0.39 is 0 Å². The van der Waals surface area contributed by atoms with Gasteiger partial charge in [0.15, 0.2) is 0 Å². The Morgan fingerprint density at radius 3 is 1.12 bits per heavy atom. The Balaban J connectivity index is 0.981. The van der Waals surface area contributed by atoms with Crippen molar-refractivity contribution in [2.75, 3.05) is 4.90 Å². The molecular weight excluding hydrogens is 687 g/mol. The van der Waals surface area contributed by atoms with Gasteiger partial charge < -0.3 is 4.90 Å². The minimum Gasteiger partial charge on any atom is -0.311 e. The number of hydrogen-bond donors (Lipinski definition) is 0. The normalized spacial score (nSPS) is 14.8. The van der Waals surface area contributed by atoms with Crippen molar-refractivity contribution < 1.29 is 0 Å². The van der Waals surface area contributed by atoms with Gasteiger partial charge in [-0.05, 0) is 132 Å². The van der Waals surface area contributed by atoms with E-state index in [2.05, 4.69) is 233 Å². The highest BCUT2D eigenvalue weighted by molar-refractivity contribution is 5.96. The van der Waals surface area contributed by atoms with Crippen LogP contribution in [0.4, 0.5) is 17.1 Å². The van der Waals surface area contributed by atoms with Gasteiger partial charge in [-0.25, -0.2) is 0 Å². The van der Waals surface area contributed by atoms with Gasteiger partial charge in [-0.2, -0.15) is 0 Å². The lowest BCUT2D eigenvalue weighted by molar-refractivity contribution is 0.704. The molecule has 0 saturated carbocycles. The molecule has 0 atom stereocenters. The monoisotopic (exact) mass is 731 g/mol. The van der Waals surface area contributed by atoms with Gasteiger partial charge in [0.1, 0.15) is 0 Å². The second-order valence-electron chi connectivity index (χ2n) is 16.7. The third-order valence-corrected chi connectivity index (χ3v) is 12.5. The van der Waals surface area contributed by atoms with Crippen LogP contribution in [0.1, 0.15) is 61.1 Å². The summed E-state index contributed by atoms with van der Waals surface area (Å²) in [6.07, 6.45) is 4.73. The zero-order valence-electron chi connectivity index (χ0n) is 33.0. The highest BCUT2D eigenvalue weighted by Crippen LogP contribution is 2.49. The summed E-state index contributed by atoms with van der Waals surface area (Å²) < 4.78 is 0. The Kier molecular flexibility index (Phi) is 8.23. The molecule has 1 nitrogen and oxygen atoms in total. The van der Waals surface area contributed by atoms with Gasteiger partial charge in [-0.1, -0.05) is 173 Å². The third kappa shape index (κ3) is 6.03. The molecular formula is C56H45N. The van der Waals surface area contributed by atoms with Gasteiger partial charge in [0.2, 0.25) is 0 Å². The summed E-state index contributed by atoms with van der Waals surface area (Å²) in [5.74, 6) is 0. The first-order valence-corrected chi connectivity index (χ1v) is 20.1. The molecule has 0 N–H and O–H groups in total. The standard InChI is InChI=1S/C56H45N/c1-55(2)51-15-9-7-13-46(51)36-53(55)42-25-31-49(32-26-42)57(50-33-27-43(28-34-50)54-37-47-14-8-10-16-52(47)56(54,3)4)48-29-23-40(24-30-48)39-17-19-41(20-18-39)45-22-21-38-11-5-6-12-44(38)35-45/h5-37H,1-4H3. The van der Waals surface area contributed by atoms with Crippen molar-refractivity contribution in [3.05, 3.63) is 221 Å². The van der Waals surface area contributed by atoms with E-state index in [0.29, 0.717) is 0 Å². The number of anilines is 3. The Morgan fingerprint density at radius 2 is 0.667 bits per heavy atom. The molecule has 0 amide bonds. The maximum absolute atomic E-state index is 2.38. The summed E-state index contributed by atoms with van der Waals surface area (Å²) >= 11 is 0. The molecule has 0 aliphatic heterocycles. The van der Waals surface area contributed by atoms with Crippen LogP contribution in [0.2, 0.25) is 0 Å². The molecule has 0 unspecified atom stereocenters. The molecule has 2 aliphatic rings. The molecule has 0 spiro atoms. The van der Waals surface area contributed by atoms with Gasteiger partial charge in [0.05, 0.1) is 0 Å². The van der Waals surface area contributed by atoms with E-state index in [1.54, 1.807) is 0 Å². The van der Waals surface area contributed by atoms with Crippen LogP contribution in [0.3, 0.4) is 0 Å². The molecule has 0 fully saturated rings. The summed E-state index contributed by atoms with van der Waals surface area (Å²) in [5, 5.41) is 2.53. The topological polar surface area (TPSA) is 3.24 Å². The number of rotatable bonds is 7. The first kappa shape index (κ1) is 34.8. The smallest absolute Gasteiger partial charge is 0.0462 e. The predicted octanol–water partition coefficient (Wildman–Crippen LogP) is 15.3. The molecule has 0 bridgehead atoms. The van der Waals surface area contributed by atoms with E-state index in [1.165, 1.54) is 77.6 Å². The van der Waals surface area contributed by atoms with Crippen molar-refractivity contribution >= 4 is 51.1 Å². The maximum Gasteiger partial charge on any atom is 0.0462 e. The summed E-state index contributed by atoms with van der Waals surface area (Å²) in [7, 11) is 0. The fraction of sp³-hybridized carbons (Fsp3) is 0.107. The van der Waals surface area contributed by atoms with Crippen molar-refractivity contribution in [2.24, 2.45) is 0 Å². The van der Waals surface area contributed by atoms with Crippen LogP contribution in [0.25, 0.3) is 56.3 Å². The number of fused-ring (bicyclic) bond motifs is 3. The number of hydrogen-bond acceptors (Lipinski definition) is 1. The molecule has 57 heavy (non-hydrogen) atoms. The second-order valence-corrected chi connectivity index (χ2v) is 16.7. The zero-order chi connectivity index (χ0) is 38.7. The van der Waals surface area contributed by atoms with Crippen molar-refractivity contribution in [3.8, 4) is 22.3 Å². The second kappa shape index (κ2) is 13.5. The molecule has 8 aromatic rings. The van der Waals surface area contributed by atoms with Crippen molar-refractivity contribution in [1.82, 2.24) is 0 Å². The van der Waals surface area contributed by atoms with Crippen LogP contribution < -0.4 is 4.90 Å². The fourth-order valence-corrected chi connectivity index (χ4v) is 9.29. The molecule has 10 rings (SSSR count). The number of nitrogens with zero attached hydrogens (tertiary/aromatic N) is 1. The summed E-state index contributed by atoms with van der Waals surface area (Å²) in [5.41, 5.74) is 18.7. The summed E-state index contributed by atoms with van der Waals surface area (Å²) in [4.78, 5) is 2.38. The van der Waals surface area contributed by atoms with Crippen molar-refractivity contribution in [2.45, 2.75) is 38.5 Å². The molecule has 0 saturated heterocycles. The first-order valence-electron chi connectivity index (χ1n) is 20.1. The quantitative estimate of drug-likeness (QED) is 0.158. The Morgan fingerprint density at radius 1 is 0.316 bits per heavy atom. The Hall–Kier alpha value is -6.70. The van der Waals surface area contributed by atoms with E-state index in [0.717, 1.165) is 17.1 Å². The average Bonchev–Trinajstić information content (AvgIpc) is 3.69. The summed E-state index contributed by atoms with van der Waals surface area (Å²) in [6, 6.07) is 69.1. The number of benzene rings is 8. The molecule has 8 aromatic carbocycles. The van der Waals surface area contributed by atoms with E-state index >= 15 is 0 Å². The molecule has 0 radical (unpaired) electrons. The molecule has 274 valence electrons. The molecule has 0 heterocycles. The molecule has 2 aliphatic carbocycles. The lowest BCUT2D eigenvalue weighted by Gasteiger charge is -2.28. The van der Waals surface area contributed by atoms with Gasteiger partial charge in [-0.15, -0.1) is 0 Å². The maximum atomic E-state index is 2.38. The molecule has 1 heteroatoms. The van der Waals surface area contributed by atoms with Gasteiger partial charge in [-0.3, -0.25) is 0 Å². The first-order chi connectivity index (χ1) is 27.7. The molecule has 0 aromatic heterocycles. The SMILES string of the molecule is CC1(C)C(c2ccc(N(c3ccc(C4=Cc5ccccc5C4(C)C)cc3)c3ccc(-c4ccc(-c5ccc6ccccc6c5)cc4)cc3)cc2)=Cc2ccccc21. The van der Waals surface area contributed by atoms with Gasteiger partial charge in [0.25, 0.3) is 0 Å². The van der Waals surface area contributed by atoms with Crippen LogP contribution >= 0.6 is 0 Å². The highest BCUT2D eigenvalue weighted by atomic mass is 15.1. The summed E-state index contributed by atoms with van der Waals surface area (Å²) in [6.45, 7) is 9.35. The van der Waals surface area contributed by atoms with Gasteiger partial charge >= 0.3 is 0 Å². The lowest BCUT2D eigenvalue weighted by Crippen LogP contribution is -2.16. The van der Waals surface area contributed by atoms with Crippen LogP contribution in [0, 0.1) is 0 Å². The van der Waals surface area contributed by atoms with E-state index in [9.17, 15) is 0 Å². The van der Waals surface area contributed by atoms with Gasteiger partial charge in [0, 0.05) is 27.9 Å².